The lowest BCUT2D eigenvalue weighted by Crippen LogP contribution is -2.47. The molecular weight excluding hydrogens is 380 g/mol. The fraction of sp³-hybridized carbons (Fsp3) is 0.526. The van der Waals surface area contributed by atoms with Crippen LogP contribution < -0.4 is 9.46 Å². The zero-order valence-electron chi connectivity index (χ0n) is 16.3. The summed E-state index contributed by atoms with van der Waals surface area (Å²) >= 11 is 0. The molecule has 9 heteroatoms. The van der Waals surface area contributed by atoms with Gasteiger partial charge in [-0.1, -0.05) is 12.1 Å². The highest BCUT2D eigenvalue weighted by atomic mass is 32.2. The molecule has 0 amide bonds. The first kappa shape index (κ1) is 20.8. The summed E-state index contributed by atoms with van der Waals surface area (Å²) in [6.45, 7) is 4.40. The number of sulfonamides is 1. The van der Waals surface area contributed by atoms with E-state index in [1.54, 1.807) is 24.7 Å². The van der Waals surface area contributed by atoms with Crippen LogP contribution in [0, 0.1) is 6.92 Å². The average Bonchev–Trinajstić information content (AvgIpc) is 3.01. The van der Waals surface area contributed by atoms with Gasteiger partial charge in [0.05, 0.1) is 6.61 Å². The van der Waals surface area contributed by atoms with Gasteiger partial charge in [0.15, 0.2) is 5.03 Å². The molecule has 2 N–H and O–H groups in total. The Kier molecular flexibility index (Phi) is 6.71. The zero-order chi connectivity index (χ0) is 20.1. The molecule has 1 fully saturated rings. The van der Waals surface area contributed by atoms with Gasteiger partial charge in [-0.2, -0.15) is 0 Å². The molecule has 1 aromatic heterocycles. The van der Waals surface area contributed by atoms with Crippen LogP contribution in [-0.4, -0.2) is 60.3 Å². The molecule has 1 aromatic carbocycles. The second kappa shape index (κ2) is 9.04. The van der Waals surface area contributed by atoms with Gasteiger partial charge >= 0.3 is 0 Å². The van der Waals surface area contributed by atoms with Crippen molar-refractivity contribution in [3.05, 3.63) is 41.9 Å². The minimum atomic E-state index is -3.62. The number of aromatic nitrogens is 2. The molecule has 0 saturated carbocycles. The topological polar surface area (TPSA) is 96.7 Å². The first-order chi connectivity index (χ1) is 13.4. The molecule has 2 heterocycles. The number of piperidine rings is 1. The molecule has 0 radical (unpaired) electrons. The molecule has 1 aliphatic heterocycles. The van der Waals surface area contributed by atoms with Crippen molar-refractivity contribution in [2.45, 2.75) is 37.4 Å². The van der Waals surface area contributed by atoms with Gasteiger partial charge in [0.25, 0.3) is 10.0 Å². The Hall–Kier alpha value is -1.94. The Bertz CT molecular complexity index is 860. The zero-order valence-corrected chi connectivity index (χ0v) is 17.2. The van der Waals surface area contributed by atoms with Crippen LogP contribution in [0.25, 0.3) is 0 Å². The summed E-state index contributed by atoms with van der Waals surface area (Å²) in [6.07, 6.45) is 3.29. The first-order valence-electron chi connectivity index (χ1n) is 9.44. The van der Waals surface area contributed by atoms with E-state index >= 15 is 0 Å². The Morgan fingerprint density at radius 1 is 1.32 bits per heavy atom. The molecule has 28 heavy (non-hydrogen) atoms. The lowest BCUT2D eigenvalue weighted by molar-refractivity contribution is 0.194. The van der Waals surface area contributed by atoms with Crippen LogP contribution in [0.5, 0.6) is 5.75 Å². The second-order valence-corrected chi connectivity index (χ2v) is 8.81. The molecule has 0 aliphatic carbocycles. The molecule has 1 aliphatic rings. The normalized spacial score (nSPS) is 18.3. The van der Waals surface area contributed by atoms with Gasteiger partial charge in [0, 0.05) is 32.4 Å². The molecule has 1 saturated heterocycles. The third-order valence-corrected chi connectivity index (χ3v) is 6.27. The number of benzene rings is 1. The van der Waals surface area contributed by atoms with Gasteiger partial charge < -0.3 is 14.4 Å². The van der Waals surface area contributed by atoms with E-state index in [-0.39, 0.29) is 24.3 Å². The number of aliphatic hydroxyl groups excluding tert-OH is 1. The quantitative estimate of drug-likeness (QED) is 0.678. The Morgan fingerprint density at radius 3 is 2.71 bits per heavy atom. The molecule has 1 atom stereocenters. The summed E-state index contributed by atoms with van der Waals surface area (Å²) in [4.78, 5) is 6.39. The van der Waals surface area contributed by atoms with Crippen molar-refractivity contribution in [3.63, 3.8) is 0 Å². The largest absolute Gasteiger partial charge is 0.491 e. The molecule has 0 unspecified atom stereocenters. The molecule has 2 aromatic rings. The second-order valence-electron chi connectivity index (χ2n) is 7.15. The third-order valence-electron chi connectivity index (χ3n) is 4.88. The van der Waals surface area contributed by atoms with Gasteiger partial charge in [-0.05, 0) is 44.0 Å². The summed E-state index contributed by atoms with van der Waals surface area (Å²) in [5, 5.41) is 8.88. The van der Waals surface area contributed by atoms with Crippen LogP contribution in [0.4, 0.5) is 0 Å². The van der Waals surface area contributed by atoms with Crippen molar-refractivity contribution in [1.29, 1.82) is 0 Å². The van der Waals surface area contributed by atoms with Crippen LogP contribution >= 0.6 is 0 Å². The number of rotatable bonds is 8. The van der Waals surface area contributed by atoms with E-state index in [2.05, 4.69) is 14.6 Å². The number of aryl methyl sites for hydroxylation is 2. The molecular formula is C19H28N4O4S. The van der Waals surface area contributed by atoms with Gasteiger partial charge in [0.2, 0.25) is 0 Å². The van der Waals surface area contributed by atoms with Crippen molar-refractivity contribution in [2.75, 3.05) is 26.3 Å². The summed E-state index contributed by atoms with van der Waals surface area (Å²) in [5.74, 6) is 1.39. The SMILES string of the molecule is Cc1nc(S(=O)(=O)N[C@@H]2CCCN(Cc3ccc(OCCO)cc3)C2)cn1C. The number of hydrogen-bond acceptors (Lipinski definition) is 6. The maximum atomic E-state index is 12.6. The standard InChI is InChI=1S/C19H28N4O4S/c1-15-20-19(14-22(15)2)28(25,26)21-17-4-3-9-23(13-17)12-16-5-7-18(8-6-16)27-11-10-24/h5-8,14,17,21,24H,3-4,9-13H2,1-2H3/t17-/m1/s1. The predicted octanol–water partition coefficient (Wildman–Crippen LogP) is 1.04. The first-order valence-corrected chi connectivity index (χ1v) is 10.9. The number of aliphatic hydroxyl groups is 1. The van der Waals surface area contributed by atoms with Crippen molar-refractivity contribution >= 4 is 10.0 Å². The number of nitrogens with one attached hydrogen (secondary N) is 1. The Balaban J connectivity index is 1.58. The lowest BCUT2D eigenvalue weighted by atomic mass is 10.1. The average molecular weight is 409 g/mol. The molecule has 3 rings (SSSR count). The molecule has 0 bridgehead atoms. The van der Waals surface area contributed by atoms with E-state index in [1.807, 2.05) is 24.3 Å². The number of ether oxygens (including phenoxy) is 1. The Labute approximate surface area is 166 Å². The van der Waals surface area contributed by atoms with E-state index in [4.69, 9.17) is 9.84 Å². The Morgan fingerprint density at radius 2 is 2.07 bits per heavy atom. The fourth-order valence-electron chi connectivity index (χ4n) is 3.34. The van der Waals surface area contributed by atoms with Crippen molar-refractivity contribution < 1.29 is 18.3 Å². The van der Waals surface area contributed by atoms with E-state index in [0.29, 0.717) is 12.4 Å². The number of nitrogens with zero attached hydrogens (tertiary/aromatic N) is 3. The van der Waals surface area contributed by atoms with Gasteiger partial charge in [0.1, 0.15) is 18.2 Å². The van der Waals surface area contributed by atoms with E-state index in [1.165, 1.54) is 0 Å². The van der Waals surface area contributed by atoms with Crippen molar-refractivity contribution in [3.8, 4) is 5.75 Å². The minimum absolute atomic E-state index is 0.00903. The predicted molar refractivity (Wildman–Crippen MR) is 106 cm³/mol. The summed E-state index contributed by atoms with van der Waals surface area (Å²) in [6, 6.07) is 7.64. The maximum Gasteiger partial charge on any atom is 0.259 e. The minimum Gasteiger partial charge on any atom is -0.491 e. The molecule has 0 spiro atoms. The fourth-order valence-corrected chi connectivity index (χ4v) is 4.64. The van der Waals surface area contributed by atoms with Crippen LogP contribution in [0.1, 0.15) is 24.2 Å². The smallest absolute Gasteiger partial charge is 0.259 e. The monoisotopic (exact) mass is 408 g/mol. The molecule has 8 nitrogen and oxygen atoms in total. The van der Waals surface area contributed by atoms with Gasteiger partial charge in [-0.25, -0.2) is 18.1 Å². The summed E-state index contributed by atoms with van der Waals surface area (Å²) in [5.41, 5.74) is 1.14. The van der Waals surface area contributed by atoms with Crippen LogP contribution in [-0.2, 0) is 23.6 Å². The van der Waals surface area contributed by atoms with Gasteiger partial charge in [-0.15, -0.1) is 0 Å². The van der Waals surface area contributed by atoms with Crippen molar-refractivity contribution in [1.82, 2.24) is 19.2 Å². The number of likely N-dealkylation sites (tertiary alicyclic amines) is 1. The van der Waals surface area contributed by atoms with Crippen LogP contribution in [0.15, 0.2) is 35.5 Å². The van der Waals surface area contributed by atoms with Gasteiger partial charge in [-0.3, -0.25) is 4.90 Å². The van der Waals surface area contributed by atoms with Crippen LogP contribution in [0.2, 0.25) is 0 Å². The van der Waals surface area contributed by atoms with E-state index < -0.39 is 10.0 Å². The number of imidazole rings is 1. The summed E-state index contributed by atoms with van der Waals surface area (Å²) < 4.78 is 35.1. The van der Waals surface area contributed by atoms with E-state index in [9.17, 15) is 8.42 Å². The highest BCUT2D eigenvalue weighted by molar-refractivity contribution is 7.89. The highest BCUT2D eigenvalue weighted by Crippen LogP contribution is 2.18. The lowest BCUT2D eigenvalue weighted by Gasteiger charge is -2.32. The summed E-state index contributed by atoms with van der Waals surface area (Å²) in [7, 11) is -1.84. The third kappa shape index (κ3) is 5.32. The molecule has 154 valence electrons. The highest BCUT2D eigenvalue weighted by Gasteiger charge is 2.27. The number of hydrogen-bond donors (Lipinski definition) is 2. The van der Waals surface area contributed by atoms with E-state index in [0.717, 1.165) is 37.2 Å². The van der Waals surface area contributed by atoms with Crippen LogP contribution in [0.3, 0.4) is 0 Å². The maximum absolute atomic E-state index is 12.6. The van der Waals surface area contributed by atoms with Crippen molar-refractivity contribution in [2.24, 2.45) is 7.05 Å².